The lowest BCUT2D eigenvalue weighted by molar-refractivity contribution is 0.0399. The molecule has 0 amide bonds. The van der Waals surface area contributed by atoms with E-state index in [1.54, 1.807) is 13.0 Å². The van der Waals surface area contributed by atoms with E-state index in [9.17, 15) is 4.39 Å². The van der Waals surface area contributed by atoms with Gasteiger partial charge in [-0.25, -0.2) is 4.39 Å². The lowest BCUT2D eigenvalue weighted by atomic mass is 9.69. The minimum atomic E-state index is -0.146. The first-order chi connectivity index (χ1) is 8.65. The third-order valence-electron chi connectivity index (χ3n) is 3.40. The number of rotatable bonds is 6. The highest BCUT2D eigenvalue weighted by molar-refractivity contribution is 6.52. The van der Waals surface area contributed by atoms with E-state index < -0.39 is 0 Å². The van der Waals surface area contributed by atoms with Crippen molar-refractivity contribution in [2.75, 3.05) is 13.2 Å². The summed E-state index contributed by atoms with van der Waals surface area (Å²) in [5, 5.41) is 0. The van der Waals surface area contributed by atoms with E-state index in [0.29, 0.717) is 12.2 Å². The van der Waals surface area contributed by atoms with E-state index in [1.807, 2.05) is 6.07 Å². The summed E-state index contributed by atoms with van der Waals surface area (Å²) in [5.74, 6) is -0.146. The minimum absolute atomic E-state index is 0.0285. The van der Waals surface area contributed by atoms with Gasteiger partial charge in [0.1, 0.15) is 11.9 Å². The van der Waals surface area contributed by atoms with E-state index in [0.717, 1.165) is 25.9 Å². The van der Waals surface area contributed by atoms with Crippen LogP contribution in [0.25, 0.3) is 0 Å². The molecular formula is C14H20BFO2. The topological polar surface area (TPSA) is 21.8 Å². The molecule has 18 heavy (non-hydrogen) atoms. The Hall–Kier alpha value is -0.865. The normalized spacial score (nSPS) is 19.7. The first-order valence-corrected chi connectivity index (χ1v) is 6.67. The van der Waals surface area contributed by atoms with E-state index in [1.165, 1.54) is 5.46 Å². The minimum Gasteiger partial charge on any atom is -0.371 e. The number of aryl methyl sites for hydroxylation is 1. The predicted molar refractivity (Wildman–Crippen MR) is 72.5 cm³/mol. The highest BCUT2D eigenvalue weighted by Gasteiger charge is 2.25. The molecule has 1 heterocycles. The molecule has 0 spiro atoms. The van der Waals surface area contributed by atoms with Crippen LogP contribution in [0.1, 0.15) is 30.6 Å². The summed E-state index contributed by atoms with van der Waals surface area (Å²) < 4.78 is 24.7. The zero-order valence-corrected chi connectivity index (χ0v) is 11.3. The lowest BCUT2D eigenvalue weighted by Gasteiger charge is -2.20. The van der Waals surface area contributed by atoms with E-state index in [4.69, 9.17) is 9.47 Å². The number of hydrogen-bond donors (Lipinski definition) is 0. The summed E-state index contributed by atoms with van der Waals surface area (Å²) >= 11 is 0. The molecule has 1 aromatic carbocycles. The summed E-state index contributed by atoms with van der Waals surface area (Å²) in [4.78, 5) is 0. The predicted octanol–water partition coefficient (Wildman–Crippen LogP) is 2.11. The van der Waals surface area contributed by atoms with Gasteiger partial charge in [0.25, 0.3) is 0 Å². The summed E-state index contributed by atoms with van der Waals surface area (Å²) in [6.45, 7) is 7.36. The molecule has 0 N–H and O–H groups in total. The van der Waals surface area contributed by atoms with Crippen LogP contribution in [-0.4, -0.2) is 26.6 Å². The quantitative estimate of drug-likeness (QED) is 0.569. The van der Waals surface area contributed by atoms with Crippen LogP contribution in [0.3, 0.4) is 0 Å². The Labute approximate surface area is 109 Å². The molecule has 98 valence electrons. The Morgan fingerprint density at radius 3 is 2.83 bits per heavy atom. The summed E-state index contributed by atoms with van der Waals surface area (Å²) in [6, 6.07) is 3.57. The Bertz CT molecular complexity index is 419. The van der Waals surface area contributed by atoms with Gasteiger partial charge in [-0.1, -0.05) is 25.3 Å². The third kappa shape index (κ3) is 3.12. The Morgan fingerprint density at radius 1 is 1.56 bits per heavy atom. The second-order valence-corrected chi connectivity index (χ2v) is 4.84. The maximum atomic E-state index is 13.7. The molecule has 0 bridgehead atoms. The lowest BCUT2D eigenvalue weighted by Crippen LogP contribution is -2.23. The second kappa shape index (κ2) is 5.85. The van der Waals surface area contributed by atoms with Crippen molar-refractivity contribution in [3.63, 3.8) is 0 Å². The van der Waals surface area contributed by atoms with Gasteiger partial charge in [0.05, 0.1) is 19.3 Å². The average molecular weight is 250 g/mol. The van der Waals surface area contributed by atoms with E-state index in [2.05, 4.69) is 13.7 Å². The molecule has 0 radical (unpaired) electrons. The average Bonchev–Trinajstić information content (AvgIpc) is 3.18. The van der Waals surface area contributed by atoms with Crippen LogP contribution in [0.15, 0.2) is 12.1 Å². The van der Waals surface area contributed by atoms with Crippen molar-refractivity contribution < 1.29 is 13.9 Å². The smallest absolute Gasteiger partial charge is 0.155 e. The van der Waals surface area contributed by atoms with Gasteiger partial charge >= 0.3 is 0 Å². The van der Waals surface area contributed by atoms with Gasteiger partial charge in [-0.15, -0.1) is 0 Å². The Balaban J connectivity index is 2.18. The van der Waals surface area contributed by atoms with Gasteiger partial charge in [0.15, 0.2) is 7.28 Å². The van der Waals surface area contributed by atoms with Crippen molar-refractivity contribution in [1.82, 2.24) is 0 Å². The van der Waals surface area contributed by atoms with Gasteiger partial charge < -0.3 is 9.47 Å². The van der Waals surface area contributed by atoms with E-state index >= 15 is 0 Å². The SMILES string of the molecule is CBc1cc(C)c(F)cc1[C@@H](CC)OC[C@H]1CO1. The fourth-order valence-electron chi connectivity index (χ4n) is 2.18. The van der Waals surface area contributed by atoms with Crippen LogP contribution in [0, 0.1) is 12.7 Å². The fourth-order valence-corrected chi connectivity index (χ4v) is 2.18. The van der Waals surface area contributed by atoms with Gasteiger partial charge in [0, 0.05) is 0 Å². The molecule has 1 fully saturated rings. The third-order valence-corrected chi connectivity index (χ3v) is 3.40. The van der Waals surface area contributed by atoms with Crippen LogP contribution < -0.4 is 5.46 Å². The van der Waals surface area contributed by atoms with Gasteiger partial charge in [-0.3, -0.25) is 0 Å². The molecule has 0 unspecified atom stereocenters. The molecule has 0 aromatic heterocycles. The van der Waals surface area contributed by atoms with Crippen molar-refractivity contribution in [2.45, 2.75) is 39.3 Å². The van der Waals surface area contributed by atoms with E-state index in [-0.39, 0.29) is 18.0 Å². The molecule has 1 saturated heterocycles. The zero-order valence-electron chi connectivity index (χ0n) is 11.3. The molecule has 2 rings (SSSR count). The van der Waals surface area contributed by atoms with Crippen molar-refractivity contribution >= 4 is 12.7 Å². The monoisotopic (exact) mass is 250 g/mol. The van der Waals surface area contributed by atoms with Crippen molar-refractivity contribution in [3.05, 3.63) is 29.1 Å². The summed E-state index contributed by atoms with van der Waals surface area (Å²) in [5.41, 5.74) is 2.87. The zero-order chi connectivity index (χ0) is 13.1. The maximum Gasteiger partial charge on any atom is 0.155 e. The standard InChI is InChI=1S/C14H20BFO2/c1-4-14(18-8-10-7-17-10)11-6-13(16)9(2)5-12(11)15-3/h5-6,10,14-15H,4,7-8H2,1-3H3/t10-,14-/m1/s1. The maximum absolute atomic E-state index is 13.7. The first-order valence-electron chi connectivity index (χ1n) is 6.67. The Kier molecular flexibility index (Phi) is 4.41. The largest absolute Gasteiger partial charge is 0.371 e. The van der Waals surface area contributed by atoms with Crippen LogP contribution in [0.2, 0.25) is 6.82 Å². The summed E-state index contributed by atoms with van der Waals surface area (Å²) in [6.07, 6.45) is 1.07. The van der Waals surface area contributed by atoms with Crippen molar-refractivity contribution in [2.24, 2.45) is 0 Å². The second-order valence-electron chi connectivity index (χ2n) is 4.84. The van der Waals surface area contributed by atoms with Crippen LogP contribution >= 0.6 is 0 Å². The number of benzene rings is 1. The number of hydrogen-bond acceptors (Lipinski definition) is 2. The van der Waals surface area contributed by atoms with Crippen molar-refractivity contribution in [1.29, 1.82) is 0 Å². The summed E-state index contributed by atoms with van der Waals surface area (Å²) in [7, 11) is 0.899. The molecule has 2 nitrogen and oxygen atoms in total. The first kappa shape index (κ1) is 13.6. The molecule has 2 atom stereocenters. The van der Waals surface area contributed by atoms with Gasteiger partial charge in [-0.05, 0) is 30.5 Å². The molecule has 0 aliphatic carbocycles. The fraction of sp³-hybridized carbons (Fsp3) is 0.571. The van der Waals surface area contributed by atoms with Crippen molar-refractivity contribution in [3.8, 4) is 0 Å². The molecule has 1 aliphatic rings. The molecule has 1 aliphatic heterocycles. The molecule has 0 saturated carbocycles. The molecular weight excluding hydrogens is 230 g/mol. The molecule has 1 aromatic rings. The highest BCUT2D eigenvalue weighted by Crippen LogP contribution is 2.23. The number of halogens is 1. The van der Waals surface area contributed by atoms with Gasteiger partial charge in [-0.2, -0.15) is 0 Å². The van der Waals surface area contributed by atoms with Crippen LogP contribution in [0.4, 0.5) is 4.39 Å². The van der Waals surface area contributed by atoms with Gasteiger partial charge in [0.2, 0.25) is 0 Å². The van der Waals surface area contributed by atoms with Crippen LogP contribution in [0.5, 0.6) is 0 Å². The highest BCUT2D eigenvalue weighted by atomic mass is 19.1. The number of ether oxygens (including phenoxy) is 2. The van der Waals surface area contributed by atoms with Crippen LogP contribution in [-0.2, 0) is 9.47 Å². The molecule has 4 heteroatoms. The Morgan fingerprint density at radius 2 is 2.28 bits per heavy atom. The number of epoxide rings is 1.